The van der Waals surface area contributed by atoms with Crippen LogP contribution in [0.3, 0.4) is 0 Å². The third kappa shape index (κ3) is 3.09. The van der Waals surface area contributed by atoms with Gasteiger partial charge in [-0.1, -0.05) is 19.8 Å². The summed E-state index contributed by atoms with van der Waals surface area (Å²) in [7, 11) is 0. The largest absolute Gasteiger partial charge is 0.385 e. The van der Waals surface area contributed by atoms with Crippen LogP contribution in [-0.2, 0) is 0 Å². The fraction of sp³-hybridized carbons (Fsp3) is 0.533. The zero-order valence-electron chi connectivity index (χ0n) is 10.7. The van der Waals surface area contributed by atoms with Gasteiger partial charge in [0.25, 0.3) is 0 Å². The molecule has 0 spiro atoms. The first-order valence-electron chi connectivity index (χ1n) is 6.51. The van der Waals surface area contributed by atoms with Gasteiger partial charge in [0.15, 0.2) is 5.78 Å². The molecule has 0 heterocycles. The van der Waals surface area contributed by atoms with Gasteiger partial charge in [-0.05, 0) is 49.4 Å². The molecule has 92 valence electrons. The normalized spacial score (nSPS) is 23.6. The number of hydrogen-bond acceptors (Lipinski definition) is 2. The summed E-state index contributed by atoms with van der Waals surface area (Å²) >= 11 is 0. The summed E-state index contributed by atoms with van der Waals surface area (Å²) in [6.45, 7) is 5.00. The van der Waals surface area contributed by atoms with E-state index in [0.717, 1.165) is 29.6 Å². The topological polar surface area (TPSA) is 29.1 Å². The van der Waals surface area contributed by atoms with Crippen LogP contribution in [-0.4, -0.2) is 12.3 Å². The predicted molar refractivity (Wildman–Crippen MR) is 71.4 cm³/mol. The Morgan fingerprint density at radius 3 is 2.53 bits per heavy atom. The van der Waals surface area contributed by atoms with Crippen molar-refractivity contribution in [3.63, 3.8) is 0 Å². The smallest absolute Gasteiger partial charge is 0.159 e. The van der Waals surface area contributed by atoms with Gasteiger partial charge in [0.1, 0.15) is 0 Å². The molecular weight excluding hydrogens is 210 g/mol. The lowest BCUT2D eigenvalue weighted by atomic mass is 9.98. The van der Waals surface area contributed by atoms with Gasteiger partial charge in [0.05, 0.1) is 0 Å². The molecule has 1 saturated carbocycles. The third-order valence-electron chi connectivity index (χ3n) is 3.90. The second kappa shape index (κ2) is 5.35. The molecule has 1 aliphatic rings. The lowest BCUT2D eigenvalue weighted by Crippen LogP contribution is -2.16. The van der Waals surface area contributed by atoms with Crippen molar-refractivity contribution in [3.05, 3.63) is 29.8 Å². The number of benzene rings is 1. The molecule has 1 aromatic rings. The summed E-state index contributed by atoms with van der Waals surface area (Å²) in [5.41, 5.74) is 1.90. The fourth-order valence-corrected chi connectivity index (χ4v) is 2.60. The van der Waals surface area contributed by atoms with Crippen molar-refractivity contribution in [1.29, 1.82) is 0 Å². The first-order chi connectivity index (χ1) is 8.16. The summed E-state index contributed by atoms with van der Waals surface area (Å²) in [5, 5.41) is 3.47. The Bertz CT molecular complexity index is 382. The number of carbonyl (C=O) groups is 1. The van der Waals surface area contributed by atoms with Crippen LogP contribution >= 0.6 is 0 Å². The summed E-state index contributed by atoms with van der Waals surface area (Å²) in [6, 6.07) is 7.78. The molecule has 2 unspecified atom stereocenters. The van der Waals surface area contributed by atoms with Gasteiger partial charge in [-0.3, -0.25) is 4.79 Å². The number of hydrogen-bond donors (Lipinski definition) is 1. The van der Waals surface area contributed by atoms with Crippen LogP contribution in [0.25, 0.3) is 0 Å². The van der Waals surface area contributed by atoms with Crippen molar-refractivity contribution in [2.45, 2.75) is 33.1 Å². The molecule has 2 nitrogen and oxygen atoms in total. The first kappa shape index (κ1) is 12.2. The van der Waals surface area contributed by atoms with E-state index in [-0.39, 0.29) is 5.78 Å². The van der Waals surface area contributed by atoms with Crippen molar-refractivity contribution < 1.29 is 4.79 Å². The van der Waals surface area contributed by atoms with Gasteiger partial charge in [0.2, 0.25) is 0 Å². The maximum atomic E-state index is 11.1. The second-order valence-corrected chi connectivity index (χ2v) is 5.18. The maximum Gasteiger partial charge on any atom is 0.159 e. The van der Waals surface area contributed by atoms with Crippen molar-refractivity contribution in [2.24, 2.45) is 11.8 Å². The molecule has 0 amide bonds. The molecule has 0 radical (unpaired) electrons. The Morgan fingerprint density at radius 1 is 1.29 bits per heavy atom. The Hall–Kier alpha value is -1.31. The lowest BCUT2D eigenvalue weighted by Gasteiger charge is -2.16. The highest BCUT2D eigenvalue weighted by Gasteiger charge is 2.22. The highest BCUT2D eigenvalue weighted by molar-refractivity contribution is 5.94. The predicted octanol–water partition coefficient (Wildman–Crippen LogP) is 3.74. The number of carbonyl (C=O) groups excluding carboxylic acids is 1. The monoisotopic (exact) mass is 231 g/mol. The van der Waals surface area contributed by atoms with Gasteiger partial charge in [-0.2, -0.15) is 0 Å². The van der Waals surface area contributed by atoms with Crippen molar-refractivity contribution >= 4 is 11.5 Å². The lowest BCUT2D eigenvalue weighted by molar-refractivity contribution is 0.101. The SMILES string of the molecule is CC(=O)c1ccc(NCC2CCCC2C)cc1. The van der Waals surface area contributed by atoms with Crippen LogP contribution < -0.4 is 5.32 Å². The first-order valence-corrected chi connectivity index (χ1v) is 6.51. The van der Waals surface area contributed by atoms with E-state index < -0.39 is 0 Å². The molecule has 2 heteroatoms. The number of ketones is 1. The molecule has 1 fully saturated rings. The number of nitrogens with one attached hydrogen (secondary N) is 1. The molecule has 0 aliphatic heterocycles. The summed E-state index contributed by atoms with van der Waals surface area (Å²) in [4.78, 5) is 11.1. The minimum absolute atomic E-state index is 0.126. The van der Waals surface area contributed by atoms with Gasteiger partial charge >= 0.3 is 0 Å². The summed E-state index contributed by atoms with van der Waals surface area (Å²) in [6.07, 6.45) is 4.09. The highest BCUT2D eigenvalue weighted by Crippen LogP contribution is 2.31. The highest BCUT2D eigenvalue weighted by atomic mass is 16.1. The molecule has 0 saturated heterocycles. The molecule has 0 aromatic heterocycles. The Kier molecular flexibility index (Phi) is 3.82. The number of Topliss-reactive ketones (excluding diaryl/α,β-unsaturated/α-hetero) is 1. The molecule has 17 heavy (non-hydrogen) atoms. The van der Waals surface area contributed by atoms with E-state index in [1.54, 1.807) is 6.92 Å². The van der Waals surface area contributed by atoms with Crippen LogP contribution in [0.1, 0.15) is 43.5 Å². The minimum Gasteiger partial charge on any atom is -0.385 e. The molecule has 1 aliphatic carbocycles. The van der Waals surface area contributed by atoms with Crippen molar-refractivity contribution in [1.82, 2.24) is 0 Å². The van der Waals surface area contributed by atoms with Gasteiger partial charge in [-0.25, -0.2) is 0 Å². The second-order valence-electron chi connectivity index (χ2n) is 5.18. The average Bonchev–Trinajstić information content (AvgIpc) is 2.73. The Balaban J connectivity index is 1.88. The van der Waals surface area contributed by atoms with Gasteiger partial charge in [0, 0.05) is 17.8 Å². The van der Waals surface area contributed by atoms with E-state index in [2.05, 4.69) is 12.2 Å². The maximum absolute atomic E-state index is 11.1. The quantitative estimate of drug-likeness (QED) is 0.800. The number of anilines is 1. The van der Waals surface area contributed by atoms with Crippen molar-refractivity contribution in [3.8, 4) is 0 Å². The Labute approximate surface area is 103 Å². The molecular formula is C15H21NO. The van der Waals surface area contributed by atoms with Crippen LogP contribution in [0.15, 0.2) is 24.3 Å². The van der Waals surface area contributed by atoms with E-state index in [1.165, 1.54) is 19.3 Å². The molecule has 1 aromatic carbocycles. The molecule has 2 atom stereocenters. The van der Waals surface area contributed by atoms with E-state index in [1.807, 2.05) is 24.3 Å². The third-order valence-corrected chi connectivity index (χ3v) is 3.90. The zero-order chi connectivity index (χ0) is 12.3. The van der Waals surface area contributed by atoms with Crippen LogP contribution in [0.5, 0.6) is 0 Å². The van der Waals surface area contributed by atoms with E-state index in [4.69, 9.17) is 0 Å². The zero-order valence-corrected chi connectivity index (χ0v) is 10.7. The van der Waals surface area contributed by atoms with Gasteiger partial charge < -0.3 is 5.32 Å². The summed E-state index contributed by atoms with van der Waals surface area (Å²) < 4.78 is 0. The van der Waals surface area contributed by atoms with Crippen LogP contribution in [0.2, 0.25) is 0 Å². The van der Waals surface area contributed by atoms with E-state index >= 15 is 0 Å². The van der Waals surface area contributed by atoms with E-state index in [9.17, 15) is 4.79 Å². The van der Waals surface area contributed by atoms with Crippen molar-refractivity contribution in [2.75, 3.05) is 11.9 Å². The van der Waals surface area contributed by atoms with E-state index in [0.29, 0.717) is 0 Å². The van der Waals surface area contributed by atoms with Crippen LogP contribution in [0.4, 0.5) is 5.69 Å². The fourth-order valence-electron chi connectivity index (χ4n) is 2.60. The molecule has 2 rings (SSSR count). The standard InChI is InChI=1S/C15H21NO/c1-11-4-3-5-14(11)10-16-15-8-6-13(7-9-15)12(2)17/h6-9,11,14,16H,3-5,10H2,1-2H3. The number of rotatable bonds is 4. The van der Waals surface area contributed by atoms with Crippen LogP contribution in [0, 0.1) is 11.8 Å². The van der Waals surface area contributed by atoms with Gasteiger partial charge in [-0.15, -0.1) is 0 Å². The summed E-state index contributed by atoms with van der Waals surface area (Å²) in [5.74, 6) is 1.78. The average molecular weight is 231 g/mol. The molecule has 0 bridgehead atoms. The Morgan fingerprint density at radius 2 is 2.00 bits per heavy atom. The minimum atomic E-state index is 0.126. The molecule has 1 N–H and O–H groups in total.